The first kappa shape index (κ1) is 15.8. The number of benzene rings is 1. The van der Waals surface area contributed by atoms with E-state index in [0.29, 0.717) is 19.0 Å². The molecule has 2 unspecified atom stereocenters. The van der Waals surface area contributed by atoms with E-state index in [-0.39, 0.29) is 5.92 Å². The van der Waals surface area contributed by atoms with Crippen LogP contribution in [0.5, 0.6) is 0 Å². The third-order valence-corrected chi connectivity index (χ3v) is 3.86. The molecule has 116 valence electrons. The lowest BCUT2D eigenvalue weighted by atomic mass is 9.84. The zero-order chi connectivity index (χ0) is 15.3. The zero-order valence-electron chi connectivity index (χ0n) is 11.5. The van der Waals surface area contributed by atoms with Crippen molar-refractivity contribution in [1.82, 2.24) is 5.32 Å². The Balaban J connectivity index is 1.96. The van der Waals surface area contributed by atoms with Crippen LogP contribution in [0, 0.1) is 5.92 Å². The van der Waals surface area contributed by atoms with E-state index in [2.05, 4.69) is 5.32 Å². The van der Waals surface area contributed by atoms with Gasteiger partial charge in [-0.25, -0.2) is 0 Å². The summed E-state index contributed by atoms with van der Waals surface area (Å²) < 4.78 is 42.3. The summed E-state index contributed by atoms with van der Waals surface area (Å²) in [4.78, 5) is 10.1. The Morgan fingerprint density at radius 2 is 1.95 bits per heavy atom. The minimum absolute atomic E-state index is 0.197. The smallest absolute Gasteiger partial charge is 0.416 e. The standard InChI is InChI=1S/C15H18F3NO2/c16-15(17,18)14-3-1-12(2-4-14)13-7-11(8-19-9-13)5-6-21-10-20/h1-4,10-11,13,19H,5-9H2. The number of alkyl halides is 3. The fourth-order valence-corrected chi connectivity index (χ4v) is 2.73. The Kier molecular flexibility index (Phi) is 5.22. The van der Waals surface area contributed by atoms with Crippen LogP contribution in [-0.2, 0) is 15.7 Å². The van der Waals surface area contributed by atoms with Crippen molar-refractivity contribution in [2.24, 2.45) is 5.92 Å². The Hall–Kier alpha value is -1.56. The molecule has 21 heavy (non-hydrogen) atoms. The average molecular weight is 301 g/mol. The van der Waals surface area contributed by atoms with E-state index >= 15 is 0 Å². The van der Waals surface area contributed by atoms with Crippen molar-refractivity contribution in [3.8, 4) is 0 Å². The molecule has 3 nitrogen and oxygen atoms in total. The molecule has 1 heterocycles. The molecule has 1 aliphatic rings. The number of halogens is 3. The van der Waals surface area contributed by atoms with E-state index in [1.807, 2.05) is 0 Å². The summed E-state index contributed by atoms with van der Waals surface area (Å²) in [7, 11) is 0. The van der Waals surface area contributed by atoms with Gasteiger partial charge in [-0.05, 0) is 48.9 Å². The zero-order valence-corrected chi connectivity index (χ0v) is 11.5. The van der Waals surface area contributed by atoms with E-state index in [4.69, 9.17) is 4.74 Å². The monoisotopic (exact) mass is 301 g/mol. The summed E-state index contributed by atoms with van der Waals surface area (Å²) in [5.41, 5.74) is 0.294. The van der Waals surface area contributed by atoms with Gasteiger partial charge in [0.15, 0.2) is 0 Å². The van der Waals surface area contributed by atoms with Crippen LogP contribution in [0.15, 0.2) is 24.3 Å². The Morgan fingerprint density at radius 1 is 1.24 bits per heavy atom. The van der Waals surface area contributed by atoms with Gasteiger partial charge in [-0.1, -0.05) is 12.1 Å². The number of carbonyl (C=O) groups is 1. The van der Waals surface area contributed by atoms with Crippen molar-refractivity contribution in [2.75, 3.05) is 19.7 Å². The molecule has 1 aliphatic heterocycles. The molecule has 0 aromatic heterocycles. The van der Waals surface area contributed by atoms with Crippen LogP contribution >= 0.6 is 0 Å². The number of nitrogens with one attached hydrogen (secondary N) is 1. The second-order valence-electron chi connectivity index (χ2n) is 5.33. The lowest BCUT2D eigenvalue weighted by molar-refractivity contribution is -0.137. The van der Waals surface area contributed by atoms with Gasteiger partial charge < -0.3 is 10.1 Å². The summed E-state index contributed by atoms with van der Waals surface area (Å²) >= 11 is 0. The van der Waals surface area contributed by atoms with Crippen molar-refractivity contribution in [3.05, 3.63) is 35.4 Å². The molecule has 1 N–H and O–H groups in total. The highest BCUT2D eigenvalue weighted by Gasteiger charge is 2.30. The molecule has 0 saturated carbocycles. The van der Waals surface area contributed by atoms with Gasteiger partial charge in [0.25, 0.3) is 6.47 Å². The van der Waals surface area contributed by atoms with Gasteiger partial charge in [0.1, 0.15) is 0 Å². The predicted octanol–water partition coefficient (Wildman–Crippen LogP) is 2.96. The van der Waals surface area contributed by atoms with Crippen LogP contribution in [0.1, 0.15) is 29.9 Å². The lowest BCUT2D eigenvalue weighted by Crippen LogP contribution is -2.35. The molecule has 2 rings (SSSR count). The van der Waals surface area contributed by atoms with Gasteiger partial charge in [0.2, 0.25) is 0 Å². The van der Waals surface area contributed by atoms with Gasteiger partial charge in [-0.3, -0.25) is 4.79 Å². The normalized spacial score (nSPS) is 22.8. The van der Waals surface area contributed by atoms with Gasteiger partial charge >= 0.3 is 6.18 Å². The maximum Gasteiger partial charge on any atom is 0.416 e. The van der Waals surface area contributed by atoms with E-state index in [1.165, 1.54) is 0 Å². The molecule has 0 bridgehead atoms. The fraction of sp³-hybridized carbons (Fsp3) is 0.533. The van der Waals surface area contributed by atoms with Gasteiger partial charge in [0, 0.05) is 6.54 Å². The maximum absolute atomic E-state index is 12.5. The molecule has 0 aliphatic carbocycles. The maximum atomic E-state index is 12.5. The SMILES string of the molecule is O=COCCC1CNCC(c2ccc(C(F)(F)F)cc2)C1. The first-order chi connectivity index (χ1) is 10.0. The third kappa shape index (κ3) is 4.46. The highest BCUT2D eigenvalue weighted by atomic mass is 19.4. The van der Waals surface area contributed by atoms with Crippen LogP contribution in [0.3, 0.4) is 0 Å². The highest BCUT2D eigenvalue weighted by molar-refractivity contribution is 5.36. The summed E-state index contributed by atoms with van der Waals surface area (Å²) in [6, 6.07) is 5.38. The van der Waals surface area contributed by atoms with Gasteiger partial charge in [0.05, 0.1) is 12.2 Å². The Bertz CT molecular complexity index is 459. The molecule has 0 amide bonds. The van der Waals surface area contributed by atoms with Crippen molar-refractivity contribution in [1.29, 1.82) is 0 Å². The number of hydrogen-bond donors (Lipinski definition) is 1. The minimum atomic E-state index is -4.29. The number of rotatable bonds is 5. The second kappa shape index (κ2) is 6.93. The molecule has 2 atom stereocenters. The Morgan fingerprint density at radius 3 is 2.57 bits per heavy atom. The Labute approximate surface area is 121 Å². The molecular weight excluding hydrogens is 283 g/mol. The molecule has 1 saturated heterocycles. The minimum Gasteiger partial charge on any atom is -0.468 e. The summed E-state index contributed by atoms with van der Waals surface area (Å²) in [6.07, 6.45) is -2.64. The highest BCUT2D eigenvalue weighted by Crippen LogP contribution is 2.32. The van der Waals surface area contributed by atoms with Crippen molar-refractivity contribution >= 4 is 6.47 Å². The summed E-state index contributed by atoms with van der Waals surface area (Å²) in [6.45, 7) is 2.43. The first-order valence-electron chi connectivity index (χ1n) is 6.94. The van der Waals surface area contributed by atoms with Crippen LogP contribution in [0.2, 0.25) is 0 Å². The van der Waals surface area contributed by atoms with Crippen molar-refractivity contribution < 1.29 is 22.7 Å². The molecule has 0 radical (unpaired) electrons. The van der Waals surface area contributed by atoms with Crippen LogP contribution in [-0.4, -0.2) is 26.2 Å². The van der Waals surface area contributed by atoms with Crippen LogP contribution < -0.4 is 5.32 Å². The van der Waals surface area contributed by atoms with E-state index in [0.717, 1.165) is 43.6 Å². The largest absolute Gasteiger partial charge is 0.468 e. The number of carbonyl (C=O) groups excluding carboxylic acids is 1. The summed E-state index contributed by atoms with van der Waals surface area (Å²) in [5, 5.41) is 3.29. The predicted molar refractivity (Wildman–Crippen MR) is 71.8 cm³/mol. The fourth-order valence-electron chi connectivity index (χ4n) is 2.73. The number of piperidine rings is 1. The van der Waals surface area contributed by atoms with Crippen LogP contribution in [0.25, 0.3) is 0 Å². The van der Waals surface area contributed by atoms with Gasteiger partial charge in [-0.15, -0.1) is 0 Å². The quantitative estimate of drug-likeness (QED) is 0.671. The molecule has 0 spiro atoms. The number of ether oxygens (including phenoxy) is 1. The van der Waals surface area contributed by atoms with Crippen LogP contribution in [0.4, 0.5) is 13.2 Å². The summed E-state index contributed by atoms with van der Waals surface area (Å²) in [5.74, 6) is 0.563. The number of hydrogen-bond acceptors (Lipinski definition) is 3. The topological polar surface area (TPSA) is 38.3 Å². The second-order valence-corrected chi connectivity index (χ2v) is 5.33. The third-order valence-electron chi connectivity index (χ3n) is 3.86. The van der Waals surface area contributed by atoms with Crippen molar-refractivity contribution in [2.45, 2.75) is 24.9 Å². The molecule has 6 heteroatoms. The first-order valence-corrected chi connectivity index (χ1v) is 6.94. The molecule has 1 aromatic rings. The van der Waals surface area contributed by atoms with E-state index < -0.39 is 11.7 Å². The van der Waals surface area contributed by atoms with E-state index in [9.17, 15) is 18.0 Å². The van der Waals surface area contributed by atoms with E-state index in [1.54, 1.807) is 12.1 Å². The van der Waals surface area contributed by atoms with Gasteiger partial charge in [-0.2, -0.15) is 13.2 Å². The molecule has 1 aromatic carbocycles. The average Bonchev–Trinajstić information content (AvgIpc) is 2.47. The lowest BCUT2D eigenvalue weighted by Gasteiger charge is -2.30. The molecule has 1 fully saturated rings. The molecular formula is C15H18F3NO2. The van der Waals surface area contributed by atoms with Crippen molar-refractivity contribution in [3.63, 3.8) is 0 Å².